The maximum Gasteiger partial charge on any atom is 1.00 e. The Morgan fingerprint density at radius 2 is 1.21 bits per heavy atom. The number of nitrogens with zero attached hydrogens (tertiary/aromatic N) is 2. The van der Waals surface area contributed by atoms with Crippen LogP contribution in [-0.4, -0.2) is 51.7 Å². The molecule has 0 heterocycles. The van der Waals surface area contributed by atoms with Gasteiger partial charge in [0.25, 0.3) is 0 Å². The van der Waals surface area contributed by atoms with E-state index in [1.807, 2.05) is 0 Å². The Labute approximate surface area is 156 Å². The number of isocyanates is 2. The summed E-state index contributed by atoms with van der Waals surface area (Å²) in [6.07, 6.45) is 2.51. The molecule has 0 amide bonds. The molecule has 11 nitrogen and oxygen atoms in total. The van der Waals surface area contributed by atoms with Gasteiger partial charge in [-0.3, -0.25) is 0 Å². The van der Waals surface area contributed by atoms with E-state index in [1.54, 1.807) is 0 Å². The zero-order chi connectivity index (χ0) is 15.0. The molecule has 0 radical (unpaired) electrons. The summed E-state index contributed by atoms with van der Waals surface area (Å²) in [5.74, 6) is -3.65. The van der Waals surface area contributed by atoms with Crippen LogP contribution in [0.1, 0.15) is 0 Å². The summed E-state index contributed by atoms with van der Waals surface area (Å²) in [5, 5.41) is 37.5. The van der Waals surface area contributed by atoms with Crippen molar-refractivity contribution >= 4 is 53.4 Å². The Morgan fingerprint density at radius 3 is 1.32 bits per heavy atom. The van der Waals surface area contributed by atoms with E-state index in [1.165, 1.54) is 12.2 Å². The molecule has 0 aliphatic carbocycles. The average molecular weight is 338 g/mol. The maximum atomic E-state index is 9.30. The molecule has 0 saturated carbocycles. The van der Waals surface area contributed by atoms with Crippen molar-refractivity contribution in [2.45, 2.75) is 0 Å². The Balaban J connectivity index is -0.0000000916. The fraction of sp³-hybridized carbons (Fsp3) is 0. The standard InChI is InChI=1S/C2N2O2S2.C2H2O4.BH2O3.K/c5-1-3-7-8-4-2-6;3-1(4)2(5)6;2-1(3)4;/h;(H,3,4)(H,5,6);2-3H;/q;;-1;+1. The minimum absolute atomic E-state index is 0. The van der Waals surface area contributed by atoms with Crippen LogP contribution in [0.3, 0.4) is 0 Å². The molecule has 0 rings (SSSR count). The molecule has 0 aliphatic heterocycles. The largest absolute Gasteiger partial charge is 1.00 e. The van der Waals surface area contributed by atoms with Crippen LogP contribution < -0.4 is 56.4 Å². The monoisotopic (exact) mass is 338 g/mol. The summed E-state index contributed by atoms with van der Waals surface area (Å²) in [6.45, 7) is 0. The number of carboxylic acids is 2. The Morgan fingerprint density at radius 1 is 1.00 bits per heavy atom. The summed E-state index contributed by atoms with van der Waals surface area (Å²) < 4.78 is 6.02. The van der Waals surface area contributed by atoms with E-state index in [2.05, 4.69) is 8.80 Å². The van der Waals surface area contributed by atoms with E-state index >= 15 is 0 Å². The Hall–Kier alpha value is -0.0187. The van der Waals surface area contributed by atoms with Crippen LogP contribution in [0.15, 0.2) is 8.80 Å². The predicted octanol–water partition coefficient (Wildman–Crippen LogP) is -5.65. The summed E-state index contributed by atoms with van der Waals surface area (Å²) in [5.41, 5.74) is 0. The minimum Gasteiger partial charge on any atom is -0.832 e. The van der Waals surface area contributed by atoms with Gasteiger partial charge in [-0.15, -0.1) is 8.80 Å². The SMILES string of the molecule is O=C(O)C(=O)O.O=C=NSSN=C=O.[K+].[O-]B(O)O. The zero-order valence-electron chi connectivity index (χ0n) is 9.12. The molecular weight excluding hydrogens is 334 g/mol. The van der Waals surface area contributed by atoms with Gasteiger partial charge >= 0.3 is 70.6 Å². The molecule has 0 unspecified atom stereocenters. The zero-order valence-corrected chi connectivity index (χ0v) is 13.9. The van der Waals surface area contributed by atoms with Gasteiger partial charge < -0.3 is 25.3 Å². The van der Waals surface area contributed by atoms with Crippen LogP contribution in [0.4, 0.5) is 0 Å². The van der Waals surface area contributed by atoms with Crippen LogP contribution in [0, 0.1) is 0 Å². The molecule has 0 aliphatic rings. The first kappa shape index (κ1) is 27.3. The number of aliphatic carboxylic acids is 2. The quantitative estimate of drug-likeness (QED) is 0.0727. The number of rotatable bonds is 3. The van der Waals surface area contributed by atoms with Crippen molar-refractivity contribution in [2.24, 2.45) is 8.80 Å². The minimum atomic E-state index is -2.42. The molecule has 0 aromatic rings. The van der Waals surface area contributed by atoms with Crippen molar-refractivity contribution in [3.8, 4) is 0 Å². The summed E-state index contributed by atoms with van der Waals surface area (Å²) >= 11 is 0. The number of carboxylic acid groups (broad SMARTS) is 2. The normalized spacial score (nSPS) is 6.47. The van der Waals surface area contributed by atoms with Crippen molar-refractivity contribution in [3.05, 3.63) is 0 Å². The second-order valence-corrected chi connectivity index (χ2v) is 3.01. The van der Waals surface area contributed by atoms with E-state index in [4.69, 9.17) is 34.9 Å². The number of hydrogen-bond donors (Lipinski definition) is 4. The maximum absolute atomic E-state index is 9.30. The molecule has 100 valence electrons. The van der Waals surface area contributed by atoms with Crippen molar-refractivity contribution in [2.75, 3.05) is 0 Å². The summed E-state index contributed by atoms with van der Waals surface area (Å²) in [4.78, 5) is 36.8. The molecule has 0 aromatic carbocycles. The summed E-state index contributed by atoms with van der Waals surface area (Å²) in [6, 6.07) is 0. The molecule has 19 heavy (non-hydrogen) atoms. The van der Waals surface area contributed by atoms with E-state index in [-0.39, 0.29) is 51.4 Å². The molecule has 0 aromatic heterocycles. The average Bonchev–Trinajstić information content (AvgIpc) is 2.24. The van der Waals surface area contributed by atoms with Crippen molar-refractivity contribution < 1.29 is 95.8 Å². The molecule has 4 N–H and O–H groups in total. The van der Waals surface area contributed by atoms with E-state index in [0.29, 0.717) is 0 Å². The molecular formula is C4H4BKN2O9S2. The van der Waals surface area contributed by atoms with Crippen molar-refractivity contribution in [1.29, 1.82) is 0 Å². The first-order valence-corrected chi connectivity index (χ1v) is 5.31. The van der Waals surface area contributed by atoms with Gasteiger partial charge in [0.2, 0.25) is 12.2 Å². The Bertz CT molecular complexity index is 310. The third-order valence-electron chi connectivity index (χ3n) is 0.365. The van der Waals surface area contributed by atoms with Crippen molar-refractivity contribution in [3.63, 3.8) is 0 Å². The molecule has 15 heteroatoms. The van der Waals surface area contributed by atoms with Crippen LogP contribution in [0.25, 0.3) is 0 Å². The van der Waals surface area contributed by atoms with Crippen LogP contribution >= 0.6 is 22.0 Å². The van der Waals surface area contributed by atoms with Gasteiger partial charge in [-0.1, -0.05) is 0 Å². The number of hydrogen-bond acceptors (Lipinski definition) is 11. The van der Waals surface area contributed by atoms with Gasteiger partial charge in [0.1, 0.15) is 0 Å². The van der Waals surface area contributed by atoms with E-state index < -0.39 is 19.3 Å². The molecule has 0 atom stereocenters. The van der Waals surface area contributed by atoms with Crippen LogP contribution in [-0.2, 0) is 19.2 Å². The van der Waals surface area contributed by atoms with Gasteiger partial charge in [0.15, 0.2) is 0 Å². The Kier molecular flexibility index (Phi) is 33.2. The molecule has 0 saturated heterocycles. The van der Waals surface area contributed by atoms with E-state index in [0.717, 1.165) is 22.0 Å². The second kappa shape index (κ2) is 23.1. The topological polar surface area (TPSA) is 197 Å². The molecule has 0 bridgehead atoms. The molecule has 0 fully saturated rings. The van der Waals surface area contributed by atoms with Crippen LogP contribution in [0.5, 0.6) is 0 Å². The third-order valence-corrected chi connectivity index (χ3v) is 1.38. The van der Waals surface area contributed by atoms with Gasteiger partial charge in [0.05, 0.1) is 22.0 Å². The molecule has 0 spiro atoms. The fourth-order valence-electron chi connectivity index (χ4n) is 0.0638. The second-order valence-electron chi connectivity index (χ2n) is 1.45. The summed E-state index contributed by atoms with van der Waals surface area (Å²) in [7, 11) is -0.883. The third kappa shape index (κ3) is 56.9. The van der Waals surface area contributed by atoms with Crippen molar-refractivity contribution in [1.82, 2.24) is 0 Å². The van der Waals surface area contributed by atoms with Gasteiger partial charge in [-0.25, -0.2) is 19.2 Å². The number of carbonyl (C=O) groups excluding carboxylic acids is 2. The van der Waals surface area contributed by atoms with Gasteiger partial charge in [-0.2, -0.15) is 0 Å². The first-order chi connectivity index (χ1) is 8.29. The number of carbonyl (C=O) groups is 2. The predicted molar refractivity (Wildman–Crippen MR) is 56.9 cm³/mol. The first-order valence-electron chi connectivity index (χ1n) is 3.24. The van der Waals surface area contributed by atoms with Gasteiger partial charge in [0, 0.05) is 0 Å². The fourth-order valence-corrected chi connectivity index (χ4v) is 0.574. The van der Waals surface area contributed by atoms with Crippen LogP contribution in [0.2, 0.25) is 0 Å². The smallest absolute Gasteiger partial charge is 0.832 e. The van der Waals surface area contributed by atoms with Gasteiger partial charge in [-0.05, 0) is 0 Å². The van der Waals surface area contributed by atoms with E-state index in [9.17, 15) is 9.59 Å².